The van der Waals surface area contributed by atoms with Gasteiger partial charge in [-0.3, -0.25) is 10.3 Å². The highest BCUT2D eigenvalue weighted by Crippen LogP contribution is 2.33. The zero-order chi connectivity index (χ0) is 15.5. The summed E-state index contributed by atoms with van der Waals surface area (Å²) in [6.07, 6.45) is 1.34. The molecule has 110 valence electrons. The van der Waals surface area contributed by atoms with Crippen molar-refractivity contribution in [3.8, 4) is 6.07 Å². The Morgan fingerprint density at radius 1 is 1.41 bits per heavy atom. The molecule has 1 aromatic carbocycles. The average molecular weight is 310 g/mol. The van der Waals surface area contributed by atoms with Gasteiger partial charge in [0.15, 0.2) is 0 Å². The molecule has 22 heavy (non-hydrogen) atoms. The molecule has 1 unspecified atom stereocenters. The molecule has 2 amide bonds. The Morgan fingerprint density at radius 2 is 2.18 bits per heavy atom. The molecule has 3 rings (SSSR count). The third-order valence-corrected chi connectivity index (χ3v) is 4.46. The Morgan fingerprint density at radius 3 is 2.86 bits per heavy atom. The minimum absolute atomic E-state index is 0.109. The molecule has 0 aliphatic carbocycles. The molecular weight excluding hydrogens is 296 g/mol. The molecule has 1 aromatic heterocycles. The van der Waals surface area contributed by atoms with Crippen LogP contribution in [-0.4, -0.2) is 16.8 Å². The van der Waals surface area contributed by atoms with Gasteiger partial charge in [-0.05, 0) is 18.1 Å². The lowest BCUT2D eigenvalue weighted by molar-refractivity contribution is 0.225. The number of anilines is 1. The fourth-order valence-electron chi connectivity index (χ4n) is 2.61. The lowest BCUT2D eigenvalue weighted by Gasteiger charge is -2.24. The molecule has 6 heteroatoms. The van der Waals surface area contributed by atoms with Crippen LogP contribution in [0.3, 0.4) is 0 Å². The van der Waals surface area contributed by atoms with Crippen molar-refractivity contribution in [3.05, 3.63) is 52.2 Å². The Kier molecular flexibility index (Phi) is 3.90. The Bertz CT molecular complexity index is 747. The first kappa shape index (κ1) is 14.3. The van der Waals surface area contributed by atoms with Gasteiger partial charge >= 0.3 is 6.03 Å². The van der Waals surface area contributed by atoms with E-state index in [0.29, 0.717) is 22.8 Å². The molecule has 2 heterocycles. The summed E-state index contributed by atoms with van der Waals surface area (Å²) in [7, 11) is 0. The number of rotatable bonds is 2. The summed E-state index contributed by atoms with van der Waals surface area (Å²) in [4.78, 5) is 14.5. The average Bonchev–Trinajstić information content (AvgIpc) is 3.14. The van der Waals surface area contributed by atoms with Crippen LogP contribution >= 0.6 is 11.3 Å². The zero-order valence-electron chi connectivity index (χ0n) is 11.7. The van der Waals surface area contributed by atoms with E-state index in [0.717, 1.165) is 12.0 Å². The first-order valence-corrected chi connectivity index (χ1v) is 7.78. The first-order chi connectivity index (χ1) is 10.7. The summed E-state index contributed by atoms with van der Waals surface area (Å²) in [5.74, 6) is 0.321. The number of urea groups is 1. The van der Waals surface area contributed by atoms with Crippen molar-refractivity contribution in [2.75, 3.05) is 5.32 Å². The number of nitriles is 1. The quantitative estimate of drug-likeness (QED) is 0.880. The van der Waals surface area contributed by atoms with Gasteiger partial charge in [-0.15, -0.1) is 11.3 Å². The standard InChI is InChI=1S/C16H14N4OS/c17-9-13-8-12(10-22-13)19-16(21)20-14(6-7-15(20)18)11-4-2-1-3-5-11/h1-5,8,10,14,18H,6-7H2,(H,19,21). The number of carbonyl (C=O) groups excluding carboxylic acids is 1. The van der Waals surface area contributed by atoms with E-state index in [-0.39, 0.29) is 12.1 Å². The van der Waals surface area contributed by atoms with Crippen molar-refractivity contribution in [1.82, 2.24) is 4.90 Å². The van der Waals surface area contributed by atoms with Crippen LogP contribution in [0.25, 0.3) is 0 Å². The van der Waals surface area contributed by atoms with Crippen LogP contribution in [0.2, 0.25) is 0 Å². The van der Waals surface area contributed by atoms with Crippen molar-refractivity contribution < 1.29 is 4.79 Å². The van der Waals surface area contributed by atoms with Crippen LogP contribution in [-0.2, 0) is 0 Å². The summed E-state index contributed by atoms with van der Waals surface area (Å²) >= 11 is 1.28. The fraction of sp³-hybridized carbons (Fsp3) is 0.188. The van der Waals surface area contributed by atoms with Crippen LogP contribution in [0.1, 0.15) is 29.3 Å². The van der Waals surface area contributed by atoms with Gasteiger partial charge in [0, 0.05) is 11.8 Å². The third-order valence-electron chi connectivity index (χ3n) is 3.62. The molecule has 1 fully saturated rings. The summed E-state index contributed by atoms with van der Waals surface area (Å²) < 4.78 is 0. The monoisotopic (exact) mass is 310 g/mol. The molecule has 0 bridgehead atoms. The largest absolute Gasteiger partial charge is 0.327 e. The first-order valence-electron chi connectivity index (χ1n) is 6.90. The van der Waals surface area contributed by atoms with Crippen LogP contribution < -0.4 is 5.32 Å². The Labute approximate surface area is 132 Å². The molecule has 5 nitrogen and oxygen atoms in total. The molecule has 0 saturated carbocycles. The highest BCUT2D eigenvalue weighted by atomic mass is 32.1. The molecule has 2 aromatic rings. The third kappa shape index (κ3) is 2.71. The summed E-state index contributed by atoms with van der Waals surface area (Å²) in [6.45, 7) is 0. The van der Waals surface area contributed by atoms with E-state index in [1.165, 1.54) is 16.2 Å². The molecule has 0 spiro atoms. The van der Waals surface area contributed by atoms with E-state index >= 15 is 0 Å². The van der Waals surface area contributed by atoms with E-state index in [1.54, 1.807) is 11.4 Å². The van der Waals surface area contributed by atoms with Gasteiger partial charge in [0.05, 0.1) is 11.7 Å². The minimum Gasteiger partial charge on any atom is -0.307 e. The van der Waals surface area contributed by atoms with Gasteiger partial charge < -0.3 is 5.32 Å². The zero-order valence-corrected chi connectivity index (χ0v) is 12.6. The van der Waals surface area contributed by atoms with Crippen molar-refractivity contribution in [3.63, 3.8) is 0 Å². The molecule has 1 saturated heterocycles. The molecule has 1 aliphatic heterocycles. The minimum atomic E-state index is -0.321. The maximum absolute atomic E-state index is 12.5. The number of amides is 2. The molecule has 1 atom stereocenters. The normalized spacial score (nSPS) is 17.3. The summed E-state index contributed by atoms with van der Waals surface area (Å²) in [6, 6.07) is 13.0. The number of nitrogens with one attached hydrogen (secondary N) is 2. The van der Waals surface area contributed by atoms with Crippen molar-refractivity contribution in [1.29, 1.82) is 10.7 Å². The predicted molar refractivity (Wildman–Crippen MR) is 86.0 cm³/mol. The number of amidine groups is 1. The number of thiophene rings is 1. The maximum atomic E-state index is 12.5. The van der Waals surface area contributed by atoms with Crippen LogP contribution in [0.5, 0.6) is 0 Å². The highest BCUT2D eigenvalue weighted by Gasteiger charge is 2.34. The number of carbonyl (C=O) groups is 1. The van der Waals surface area contributed by atoms with Gasteiger partial charge in [-0.1, -0.05) is 30.3 Å². The smallest absolute Gasteiger partial charge is 0.307 e. The highest BCUT2D eigenvalue weighted by molar-refractivity contribution is 7.11. The Hall–Kier alpha value is -2.65. The van der Waals surface area contributed by atoms with Crippen molar-refractivity contribution >= 4 is 28.9 Å². The Balaban J connectivity index is 1.80. The molecule has 0 radical (unpaired) electrons. The lowest BCUT2D eigenvalue weighted by atomic mass is 10.1. The second-order valence-corrected chi connectivity index (χ2v) is 5.93. The SMILES string of the molecule is N#Cc1cc(NC(=O)N2C(=N)CCC2c2ccccc2)cs1. The summed E-state index contributed by atoms with van der Waals surface area (Å²) in [5, 5.41) is 21.4. The van der Waals surface area contributed by atoms with E-state index in [4.69, 9.17) is 10.7 Å². The van der Waals surface area contributed by atoms with Crippen LogP contribution in [0.4, 0.5) is 10.5 Å². The van der Waals surface area contributed by atoms with Crippen molar-refractivity contribution in [2.45, 2.75) is 18.9 Å². The van der Waals surface area contributed by atoms with Gasteiger partial charge in [-0.25, -0.2) is 4.79 Å². The predicted octanol–water partition coefficient (Wildman–Crippen LogP) is 3.97. The molecule has 2 N–H and O–H groups in total. The number of benzene rings is 1. The topological polar surface area (TPSA) is 80.0 Å². The second-order valence-electron chi connectivity index (χ2n) is 5.02. The van der Waals surface area contributed by atoms with Gasteiger partial charge in [0.2, 0.25) is 0 Å². The molecule has 1 aliphatic rings. The molecular formula is C16H14N4OS. The van der Waals surface area contributed by atoms with E-state index in [1.807, 2.05) is 36.4 Å². The van der Waals surface area contributed by atoms with E-state index in [9.17, 15) is 4.79 Å². The van der Waals surface area contributed by atoms with E-state index < -0.39 is 0 Å². The lowest BCUT2D eigenvalue weighted by Crippen LogP contribution is -2.37. The number of nitrogens with zero attached hydrogens (tertiary/aromatic N) is 2. The van der Waals surface area contributed by atoms with Gasteiger partial charge in [0.1, 0.15) is 16.8 Å². The van der Waals surface area contributed by atoms with E-state index in [2.05, 4.69) is 5.32 Å². The fourth-order valence-corrected chi connectivity index (χ4v) is 3.24. The number of hydrogen-bond donors (Lipinski definition) is 2. The maximum Gasteiger partial charge on any atom is 0.327 e. The summed E-state index contributed by atoms with van der Waals surface area (Å²) in [5.41, 5.74) is 1.63. The number of likely N-dealkylation sites (tertiary alicyclic amines) is 1. The van der Waals surface area contributed by atoms with Crippen molar-refractivity contribution in [2.24, 2.45) is 0 Å². The van der Waals surface area contributed by atoms with Gasteiger partial charge in [0.25, 0.3) is 0 Å². The van der Waals surface area contributed by atoms with Gasteiger partial charge in [-0.2, -0.15) is 5.26 Å². The van der Waals surface area contributed by atoms with Crippen LogP contribution in [0.15, 0.2) is 41.8 Å². The van der Waals surface area contributed by atoms with Crippen LogP contribution in [0, 0.1) is 16.7 Å². The second kappa shape index (κ2) is 6.00. The number of hydrogen-bond acceptors (Lipinski definition) is 4.